The molecule has 0 amide bonds. The van der Waals surface area contributed by atoms with E-state index in [1.54, 1.807) is 0 Å². The maximum atomic E-state index is 6.00. The molecule has 0 aliphatic carbocycles. The molecule has 0 heterocycles. The van der Waals surface area contributed by atoms with Crippen LogP contribution in [0.15, 0.2) is 54.6 Å². The molecule has 0 fully saturated rings. The standard InChI is InChI=1S/C13H13N2/c14-13(11-7-3-1-4-8-11)15-12-9-5-2-6-10-12/h2-10,13,15H,14H2. The lowest BCUT2D eigenvalue weighted by molar-refractivity contribution is 0.836. The van der Waals surface area contributed by atoms with Crippen LogP contribution in [-0.4, -0.2) is 0 Å². The normalized spacial score (nSPS) is 12.1. The molecule has 0 aliphatic rings. The van der Waals surface area contributed by atoms with Crippen LogP contribution in [0, 0.1) is 6.07 Å². The largest absolute Gasteiger partial charge is 0.366 e. The van der Waals surface area contributed by atoms with Gasteiger partial charge in [0.25, 0.3) is 0 Å². The highest BCUT2D eigenvalue weighted by molar-refractivity contribution is 5.44. The van der Waals surface area contributed by atoms with Crippen LogP contribution in [0.4, 0.5) is 5.69 Å². The molecule has 0 saturated heterocycles. The van der Waals surface area contributed by atoms with Gasteiger partial charge in [0.2, 0.25) is 0 Å². The van der Waals surface area contributed by atoms with Gasteiger partial charge in [-0.2, -0.15) is 0 Å². The van der Waals surface area contributed by atoms with Crippen LogP contribution in [0.2, 0.25) is 0 Å². The minimum atomic E-state index is -0.179. The molecular weight excluding hydrogens is 184 g/mol. The number of anilines is 1. The summed E-state index contributed by atoms with van der Waals surface area (Å²) in [6, 6.07) is 20.5. The van der Waals surface area contributed by atoms with Gasteiger partial charge in [-0.15, -0.1) is 0 Å². The number of para-hydroxylation sites is 1. The second-order valence-electron chi connectivity index (χ2n) is 3.32. The average molecular weight is 197 g/mol. The first kappa shape index (κ1) is 9.74. The van der Waals surface area contributed by atoms with Crippen LogP contribution in [0.1, 0.15) is 11.7 Å². The molecule has 3 N–H and O–H groups in total. The van der Waals surface area contributed by atoms with Gasteiger partial charge in [0.05, 0.1) is 0 Å². The molecule has 2 aromatic rings. The molecule has 0 saturated carbocycles. The lowest BCUT2D eigenvalue weighted by Gasteiger charge is -2.15. The van der Waals surface area contributed by atoms with Gasteiger partial charge in [-0.25, -0.2) is 0 Å². The van der Waals surface area contributed by atoms with E-state index in [4.69, 9.17) is 5.73 Å². The fourth-order valence-electron chi connectivity index (χ4n) is 1.40. The number of hydrogen-bond acceptors (Lipinski definition) is 2. The highest BCUT2D eigenvalue weighted by Crippen LogP contribution is 2.14. The van der Waals surface area contributed by atoms with Crippen LogP contribution < -0.4 is 11.1 Å². The SMILES string of the molecule is NC(Nc1ccccc1)c1cc[c]cc1. The number of nitrogens with two attached hydrogens (primary N) is 1. The molecule has 0 spiro atoms. The number of nitrogens with one attached hydrogen (secondary N) is 1. The Morgan fingerprint density at radius 1 is 1.00 bits per heavy atom. The summed E-state index contributed by atoms with van der Waals surface area (Å²) in [7, 11) is 0. The van der Waals surface area contributed by atoms with Gasteiger partial charge < -0.3 is 11.1 Å². The van der Waals surface area contributed by atoms with Gasteiger partial charge in [0.15, 0.2) is 0 Å². The van der Waals surface area contributed by atoms with Crippen molar-refractivity contribution in [3.8, 4) is 0 Å². The summed E-state index contributed by atoms with van der Waals surface area (Å²) >= 11 is 0. The van der Waals surface area contributed by atoms with E-state index < -0.39 is 0 Å². The van der Waals surface area contributed by atoms with Gasteiger partial charge in [-0.05, 0) is 23.8 Å². The Labute approximate surface area is 89.7 Å². The molecule has 2 aromatic carbocycles. The van der Waals surface area contributed by atoms with E-state index in [2.05, 4.69) is 11.4 Å². The van der Waals surface area contributed by atoms with Crippen molar-refractivity contribution >= 4 is 5.69 Å². The minimum Gasteiger partial charge on any atom is -0.366 e. The van der Waals surface area contributed by atoms with Crippen LogP contribution in [0.25, 0.3) is 0 Å². The molecule has 1 atom stereocenters. The Morgan fingerprint density at radius 2 is 1.67 bits per heavy atom. The summed E-state index contributed by atoms with van der Waals surface area (Å²) < 4.78 is 0. The van der Waals surface area contributed by atoms with Gasteiger partial charge in [0.1, 0.15) is 6.17 Å². The lowest BCUT2D eigenvalue weighted by atomic mass is 10.2. The van der Waals surface area contributed by atoms with Crippen molar-refractivity contribution in [2.24, 2.45) is 5.73 Å². The first-order valence-electron chi connectivity index (χ1n) is 4.89. The zero-order chi connectivity index (χ0) is 10.5. The quantitative estimate of drug-likeness (QED) is 0.742. The Hall–Kier alpha value is -1.80. The highest BCUT2D eigenvalue weighted by atomic mass is 15.0. The Bertz CT molecular complexity index is 397. The van der Waals surface area contributed by atoms with Crippen LogP contribution in [-0.2, 0) is 0 Å². The fraction of sp³-hybridized carbons (Fsp3) is 0.0769. The zero-order valence-electron chi connectivity index (χ0n) is 8.35. The Morgan fingerprint density at radius 3 is 2.33 bits per heavy atom. The summed E-state index contributed by atoms with van der Waals surface area (Å²) in [5.41, 5.74) is 8.08. The van der Waals surface area contributed by atoms with Crippen molar-refractivity contribution in [3.63, 3.8) is 0 Å². The second kappa shape index (κ2) is 4.62. The summed E-state index contributed by atoms with van der Waals surface area (Å²) in [5.74, 6) is 0. The van der Waals surface area contributed by atoms with Crippen LogP contribution in [0.3, 0.4) is 0 Å². The molecule has 1 radical (unpaired) electrons. The summed E-state index contributed by atoms with van der Waals surface area (Å²) in [6.07, 6.45) is -0.179. The fourth-order valence-corrected chi connectivity index (χ4v) is 1.40. The maximum absolute atomic E-state index is 6.00. The van der Waals surface area contributed by atoms with Gasteiger partial charge in [-0.3, -0.25) is 0 Å². The predicted molar refractivity (Wildman–Crippen MR) is 62.3 cm³/mol. The first-order chi connectivity index (χ1) is 7.36. The lowest BCUT2D eigenvalue weighted by Crippen LogP contribution is -2.19. The van der Waals surface area contributed by atoms with Crippen molar-refractivity contribution in [2.45, 2.75) is 6.17 Å². The molecular formula is C13H13N2. The summed E-state index contributed by atoms with van der Waals surface area (Å²) in [4.78, 5) is 0. The molecule has 2 nitrogen and oxygen atoms in total. The summed E-state index contributed by atoms with van der Waals surface area (Å²) in [5, 5.41) is 3.22. The van der Waals surface area contributed by atoms with E-state index in [1.165, 1.54) is 0 Å². The predicted octanol–water partition coefficient (Wildman–Crippen LogP) is 2.56. The van der Waals surface area contributed by atoms with Crippen molar-refractivity contribution in [2.75, 3.05) is 5.32 Å². The van der Waals surface area contributed by atoms with E-state index in [0.717, 1.165) is 11.3 Å². The Kier molecular flexibility index (Phi) is 3.00. The number of rotatable bonds is 3. The van der Waals surface area contributed by atoms with Crippen molar-refractivity contribution in [3.05, 3.63) is 66.2 Å². The molecule has 0 aromatic heterocycles. The second-order valence-corrected chi connectivity index (χ2v) is 3.32. The van der Waals surface area contributed by atoms with Gasteiger partial charge in [0, 0.05) is 5.69 Å². The van der Waals surface area contributed by atoms with E-state index in [9.17, 15) is 0 Å². The molecule has 0 aliphatic heterocycles. The third-order valence-corrected chi connectivity index (χ3v) is 2.20. The third-order valence-electron chi connectivity index (χ3n) is 2.20. The number of benzene rings is 2. The monoisotopic (exact) mass is 197 g/mol. The van der Waals surface area contributed by atoms with Crippen molar-refractivity contribution < 1.29 is 0 Å². The smallest absolute Gasteiger partial charge is 0.101 e. The third kappa shape index (κ3) is 2.58. The average Bonchev–Trinajstić information content (AvgIpc) is 2.31. The molecule has 0 bridgehead atoms. The van der Waals surface area contributed by atoms with E-state index in [1.807, 2.05) is 54.6 Å². The first-order valence-corrected chi connectivity index (χ1v) is 4.89. The number of hydrogen-bond donors (Lipinski definition) is 2. The summed E-state index contributed by atoms with van der Waals surface area (Å²) in [6.45, 7) is 0. The minimum absolute atomic E-state index is 0.179. The van der Waals surface area contributed by atoms with Gasteiger partial charge >= 0.3 is 0 Å². The highest BCUT2D eigenvalue weighted by Gasteiger charge is 2.03. The van der Waals surface area contributed by atoms with Crippen molar-refractivity contribution in [1.29, 1.82) is 0 Å². The molecule has 75 valence electrons. The van der Waals surface area contributed by atoms with Gasteiger partial charge in [-0.1, -0.05) is 42.5 Å². The molecule has 2 rings (SSSR count). The van der Waals surface area contributed by atoms with Crippen molar-refractivity contribution in [1.82, 2.24) is 0 Å². The zero-order valence-corrected chi connectivity index (χ0v) is 8.35. The molecule has 2 heteroatoms. The van der Waals surface area contributed by atoms with Crippen LogP contribution in [0.5, 0.6) is 0 Å². The molecule has 1 unspecified atom stereocenters. The Balaban J connectivity index is 2.08. The van der Waals surface area contributed by atoms with E-state index >= 15 is 0 Å². The van der Waals surface area contributed by atoms with Crippen LogP contribution >= 0.6 is 0 Å². The maximum Gasteiger partial charge on any atom is 0.101 e. The topological polar surface area (TPSA) is 38.0 Å². The van der Waals surface area contributed by atoms with E-state index in [0.29, 0.717) is 0 Å². The molecule has 15 heavy (non-hydrogen) atoms. The van der Waals surface area contributed by atoms with E-state index in [-0.39, 0.29) is 6.17 Å².